The van der Waals surface area contributed by atoms with E-state index in [0.717, 1.165) is 23.0 Å². The minimum absolute atomic E-state index is 0.248. The molecule has 0 saturated heterocycles. The summed E-state index contributed by atoms with van der Waals surface area (Å²) in [5.41, 5.74) is 0.864. The number of benzene rings is 1. The molecular formula is C15H17BrFN3S. The van der Waals surface area contributed by atoms with Gasteiger partial charge >= 0.3 is 0 Å². The zero-order valence-electron chi connectivity index (χ0n) is 11.7. The Morgan fingerprint density at radius 1 is 1.33 bits per heavy atom. The molecule has 0 unspecified atom stereocenters. The molecule has 1 heterocycles. The fourth-order valence-corrected chi connectivity index (χ4v) is 3.10. The fourth-order valence-electron chi connectivity index (χ4n) is 1.88. The third-order valence-electron chi connectivity index (χ3n) is 2.85. The van der Waals surface area contributed by atoms with Gasteiger partial charge in [-0.3, -0.25) is 4.99 Å². The van der Waals surface area contributed by atoms with Crippen LogP contribution >= 0.6 is 27.3 Å². The van der Waals surface area contributed by atoms with E-state index in [0.29, 0.717) is 12.5 Å². The number of nitrogens with one attached hydrogen (secondary N) is 2. The Hall–Kier alpha value is -1.40. The first-order valence-electron chi connectivity index (χ1n) is 6.59. The number of guanidine groups is 1. The van der Waals surface area contributed by atoms with E-state index in [1.807, 2.05) is 6.07 Å². The summed E-state index contributed by atoms with van der Waals surface area (Å²) in [5.74, 6) is 0.466. The van der Waals surface area contributed by atoms with Crippen molar-refractivity contribution in [2.45, 2.75) is 13.0 Å². The molecule has 2 N–H and O–H groups in total. The molecule has 2 rings (SSSR count). The Labute approximate surface area is 136 Å². The van der Waals surface area contributed by atoms with Gasteiger partial charge in [0, 0.05) is 29.5 Å². The Morgan fingerprint density at radius 3 is 2.86 bits per heavy atom. The van der Waals surface area contributed by atoms with Crippen molar-refractivity contribution in [1.29, 1.82) is 0 Å². The van der Waals surface area contributed by atoms with Crippen LogP contribution in [0.4, 0.5) is 4.39 Å². The van der Waals surface area contributed by atoms with Crippen molar-refractivity contribution in [3.8, 4) is 0 Å². The maximum absolute atomic E-state index is 13.3. The molecule has 0 saturated carbocycles. The first-order chi connectivity index (χ1) is 10.2. The summed E-state index contributed by atoms with van der Waals surface area (Å²) in [6.45, 7) is 1.34. The molecule has 0 atom stereocenters. The van der Waals surface area contributed by atoms with Crippen LogP contribution in [0.2, 0.25) is 0 Å². The Morgan fingerprint density at radius 2 is 2.19 bits per heavy atom. The number of aliphatic imine (C=N–C) groups is 1. The Bertz CT molecular complexity index is 579. The minimum Gasteiger partial charge on any atom is -0.356 e. The minimum atomic E-state index is -0.248. The highest BCUT2D eigenvalue weighted by molar-refractivity contribution is 9.10. The van der Waals surface area contributed by atoms with E-state index in [1.54, 1.807) is 18.4 Å². The predicted octanol–water partition coefficient (Wildman–Crippen LogP) is 3.56. The number of thiophene rings is 1. The average Bonchev–Trinajstić information content (AvgIpc) is 2.94. The summed E-state index contributed by atoms with van der Waals surface area (Å²) in [6.07, 6.45) is 0.962. The lowest BCUT2D eigenvalue weighted by Gasteiger charge is -2.12. The van der Waals surface area contributed by atoms with Crippen molar-refractivity contribution >= 4 is 33.2 Å². The summed E-state index contributed by atoms with van der Waals surface area (Å²) in [5, 5.41) is 8.50. The topological polar surface area (TPSA) is 36.4 Å². The number of rotatable bonds is 5. The molecule has 2 aromatic rings. The van der Waals surface area contributed by atoms with Crippen LogP contribution in [0.1, 0.15) is 10.4 Å². The van der Waals surface area contributed by atoms with E-state index in [9.17, 15) is 4.39 Å². The average molecular weight is 370 g/mol. The molecule has 0 fully saturated rings. The SMILES string of the molecule is CN=C(NCCc1cccs1)NCc1cc(F)cc(Br)c1. The zero-order chi connectivity index (χ0) is 15.1. The second-order valence-electron chi connectivity index (χ2n) is 4.46. The normalized spacial score (nSPS) is 11.5. The molecule has 0 aliphatic carbocycles. The van der Waals surface area contributed by atoms with Crippen LogP contribution in [0.25, 0.3) is 0 Å². The maximum Gasteiger partial charge on any atom is 0.191 e. The van der Waals surface area contributed by atoms with Crippen molar-refractivity contribution in [1.82, 2.24) is 10.6 Å². The first kappa shape index (κ1) is 16.0. The summed E-state index contributed by atoms with van der Waals surface area (Å²) >= 11 is 5.04. The monoisotopic (exact) mass is 369 g/mol. The third-order valence-corrected chi connectivity index (χ3v) is 4.24. The van der Waals surface area contributed by atoms with Gasteiger partial charge in [0.2, 0.25) is 0 Å². The van der Waals surface area contributed by atoms with E-state index >= 15 is 0 Å². The number of hydrogen-bond acceptors (Lipinski definition) is 2. The second-order valence-corrected chi connectivity index (χ2v) is 6.41. The van der Waals surface area contributed by atoms with Crippen LogP contribution in [0.5, 0.6) is 0 Å². The molecule has 0 amide bonds. The quantitative estimate of drug-likeness (QED) is 0.624. The second kappa shape index (κ2) is 8.14. The van der Waals surface area contributed by atoms with Gasteiger partial charge in [0.05, 0.1) is 0 Å². The molecule has 3 nitrogen and oxygen atoms in total. The van der Waals surface area contributed by atoms with Crippen molar-refractivity contribution in [3.05, 3.63) is 56.4 Å². The molecular weight excluding hydrogens is 353 g/mol. The van der Waals surface area contributed by atoms with E-state index < -0.39 is 0 Å². The molecule has 0 aliphatic heterocycles. The summed E-state index contributed by atoms with van der Waals surface area (Å²) < 4.78 is 14.0. The number of hydrogen-bond donors (Lipinski definition) is 2. The summed E-state index contributed by atoms with van der Waals surface area (Å²) in [6, 6.07) is 9.00. The highest BCUT2D eigenvalue weighted by atomic mass is 79.9. The maximum atomic E-state index is 13.3. The van der Waals surface area contributed by atoms with E-state index in [1.165, 1.54) is 17.0 Å². The van der Waals surface area contributed by atoms with E-state index in [4.69, 9.17) is 0 Å². The Kier molecular flexibility index (Phi) is 6.20. The van der Waals surface area contributed by atoms with Gasteiger partial charge in [0.15, 0.2) is 5.96 Å². The smallest absolute Gasteiger partial charge is 0.191 e. The standard InChI is InChI=1S/C15H17BrFN3S/c1-18-15(19-5-4-14-3-2-6-21-14)20-10-11-7-12(16)9-13(17)8-11/h2-3,6-9H,4-5,10H2,1H3,(H2,18,19,20). The van der Waals surface area contributed by atoms with E-state index in [2.05, 4.69) is 49.1 Å². The van der Waals surface area contributed by atoms with Gasteiger partial charge in [-0.1, -0.05) is 22.0 Å². The highest BCUT2D eigenvalue weighted by Gasteiger charge is 2.02. The molecule has 0 spiro atoms. The van der Waals surface area contributed by atoms with Crippen LogP contribution in [-0.2, 0) is 13.0 Å². The Balaban J connectivity index is 1.79. The highest BCUT2D eigenvalue weighted by Crippen LogP contribution is 2.14. The lowest BCUT2D eigenvalue weighted by Crippen LogP contribution is -2.37. The van der Waals surface area contributed by atoms with Crippen LogP contribution in [-0.4, -0.2) is 19.6 Å². The molecule has 1 aromatic heterocycles. The van der Waals surface area contributed by atoms with Gasteiger partial charge in [0.25, 0.3) is 0 Å². The molecule has 0 aliphatic rings. The van der Waals surface area contributed by atoms with E-state index in [-0.39, 0.29) is 5.82 Å². The van der Waals surface area contributed by atoms with Gasteiger partial charge in [-0.25, -0.2) is 4.39 Å². The molecule has 0 radical (unpaired) electrons. The van der Waals surface area contributed by atoms with Crippen LogP contribution in [0.15, 0.2) is 45.2 Å². The van der Waals surface area contributed by atoms with Crippen molar-refractivity contribution in [3.63, 3.8) is 0 Å². The number of nitrogens with zero attached hydrogens (tertiary/aromatic N) is 1. The molecule has 1 aromatic carbocycles. The lowest BCUT2D eigenvalue weighted by atomic mass is 10.2. The van der Waals surface area contributed by atoms with Gasteiger partial charge in [0.1, 0.15) is 5.82 Å². The van der Waals surface area contributed by atoms with Gasteiger partial charge < -0.3 is 10.6 Å². The summed E-state index contributed by atoms with van der Waals surface area (Å²) in [4.78, 5) is 5.50. The molecule has 0 bridgehead atoms. The van der Waals surface area contributed by atoms with Crippen LogP contribution in [0, 0.1) is 5.82 Å². The van der Waals surface area contributed by atoms with Crippen LogP contribution in [0.3, 0.4) is 0 Å². The predicted molar refractivity (Wildman–Crippen MR) is 90.3 cm³/mol. The van der Waals surface area contributed by atoms with Gasteiger partial charge in [-0.05, 0) is 41.6 Å². The fraction of sp³-hybridized carbons (Fsp3) is 0.267. The largest absolute Gasteiger partial charge is 0.356 e. The third kappa shape index (κ3) is 5.47. The lowest BCUT2D eigenvalue weighted by molar-refractivity contribution is 0.623. The molecule has 112 valence electrons. The van der Waals surface area contributed by atoms with Crippen molar-refractivity contribution in [2.24, 2.45) is 4.99 Å². The first-order valence-corrected chi connectivity index (χ1v) is 8.26. The molecule has 21 heavy (non-hydrogen) atoms. The zero-order valence-corrected chi connectivity index (χ0v) is 14.1. The van der Waals surface area contributed by atoms with Crippen LogP contribution < -0.4 is 10.6 Å². The molecule has 6 heteroatoms. The summed E-state index contributed by atoms with van der Waals surface area (Å²) in [7, 11) is 1.72. The number of halogens is 2. The van der Waals surface area contributed by atoms with Gasteiger partial charge in [-0.15, -0.1) is 11.3 Å². The van der Waals surface area contributed by atoms with Crippen molar-refractivity contribution in [2.75, 3.05) is 13.6 Å². The van der Waals surface area contributed by atoms with Gasteiger partial charge in [-0.2, -0.15) is 0 Å². The van der Waals surface area contributed by atoms with Crippen molar-refractivity contribution < 1.29 is 4.39 Å².